The van der Waals surface area contributed by atoms with E-state index in [1.54, 1.807) is 17.2 Å². The third-order valence-corrected chi connectivity index (χ3v) is 4.71. The number of aromatic nitrogens is 2. The van der Waals surface area contributed by atoms with E-state index in [0.29, 0.717) is 18.2 Å². The van der Waals surface area contributed by atoms with Gasteiger partial charge in [-0.3, -0.25) is 0 Å². The molecular weight excluding hydrogens is 342 g/mol. The van der Waals surface area contributed by atoms with Crippen LogP contribution >= 0.6 is 0 Å². The van der Waals surface area contributed by atoms with E-state index >= 15 is 0 Å². The summed E-state index contributed by atoms with van der Waals surface area (Å²) in [6, 6.07) is 7.37. The second-order valence-electron chi connectivity index (χ2n) is 7.94. The van der Waals surface area contributed by atoms with Crippen molar-refractivity contribution in [2.24, 2.45) is 0 Å². The molecule has 0 bridgehead atoms. The molecule has 1 fully saturated rings. The standard InChI is InChI=1S/C20H27N5O2/c1-20(2,3)27-19(26)25-9-8-13(14-4-6-17(21)23-11-14)10-16(25)15-5-7-18(22)24-12-15/h4-7,11-13,16H,8-10H2,1-3H3,(H2,21,23)(H2,22,24). The van der Waals surface area contributed by atoms with Crippen molar-refractivity contribution in [1.82, 2.24) is 14.9 Å². The maximum absolute atomic E-state index is 12.8. The fraction of sp³-hybridized carbons (Fsp3) is 0.450. The maximum Gasteiger partial charge on any atom is 0.410 e. The molecule has 4 N–H and O–H groups in total. The lowest BCUT2D eigenvalue weighted by Crippen LogP contribution is -2.43. The number of carbonyl (C=O) groups excluding carboxylic acids is 1. The number of carbonyl (C=O) groups is 1. The molecule has 2 unspecified atom stereocenters. The third-order valence-electron chi connectivity index (χ3n) is 4.71. The van der Waals surface area contributed by atoms with E-state index < -0.39 is 5.60 Å². The summed E-state index contributed by atoms with van der Waals surface area (Å²) in [5, 5.41) is 0. The molecule has 0 aliphatic carbocycles. The van der Waals surface area contributed by atoms with Crippen molar-refractivity contribution in [2.75, 3.05) is 18.0 Å². The summed E-state index contributed by atoms with van der Waals surface area (Å²) in [5.74, 6) is 1.24. The summed E-state index contributed by atoms with van der Waals surface area (Å²) in [6.07, 6.45) is 4.85. The van der Waals surface area contributed by atoms with Crippen LogP contribution in [0.5, 0.6) is 0 Å². The highest BCUT2D eigenvalue weighted by molar-refractivity contribution is 5.69. The lowest BCUT2D eigenvalue weighted by atomic mass is 9.84. The second kappa shape index (κ2) is 7.42. The molecule has 0 aromatic carbocycles. The molecule has 2 atom stereocenters. The fourth-order valence-electron chi connectivity index (χ4n) is 3.40. The molecule has 3 rings (SSSR count). The van der Waals surface area contributed by atoms with Crippen molar-refractivity contribution in [2.45, 2.75) is 51.2 Å². The van der Waals surface area contributed by atoms with Crippen LogP contribution in [0.3, 0.4) is 0 Å². The number of likely N-dealkylation sites (tertiary alicyclic amines) is 1. The predicted molar refractivity (Wildman–Crippen MR) is 105 cm³/mol. The second-order valence-corrected chi connectivity index (χ2v) is 7.94. The first-order valence-corrected chi connectivity index (χ1v) is 9.15. The lowest BCUT2D eigenvalue weighted by Gasteiger charge is -2.40. The molecule has 1 aliphatic rings. The monoisotopic (exact) mass is 369 g/mol. The van der Waals surface area contributed by atoms with Gasteiger partial charge in [0.1, 0.15) is 17.2 Å². The van der Waals surface area contributed by atoms with Crippen molar-refractivity contribution in [3.63, 3.8) is 0 Å². The number of nitrogens with two attached hydrogens (primary N) is 2. The van der Waals surface area contributed by atoms with Crippen molar-refractivity contribution in [3.05, 3.63) is 47.8 Å². The minimum absolute atomic E-state index is 0.135. The third kappa shape index (κ3) is 4.67. The molecule has 3 heterocycles. The Kier molecular flexibility index (Phi) is 5.21. The molecule has 0 radical (unpaired) electrons. The van der Waals surface area contributed by atoms with Crippen LogP contribution in [-0.2, 0) is 4.74 Å². The van der Waals surface area contributed by atoms with Gasteiger partial charge in [0.2, 0.25) is 0 Å². The molecule has 7 nitrogen and oxygen atoms in total. The number of anilines is 2. The van der Waals surface area contributed by atoms with Gasteiger partial charge in [-0.1, -0.05) is 12.1 Å². The van der Waals surface area contributed by atoms with Gasteiger partial charge in [-0.05, 0) is 62.8 Å². The molecule has 0 saturated carbocycles. The summed E-state index contributed by atoms with van der Waals surface area (Å²) in [4.78, 5) is 23.0. The summed E-state index contributed by atoms with van der Waals surface area (Å²) in [7, 11) is 0. The SMILES string of the molecule is CC(C)(C)OC(=O)N1CCC(c2ccc(N)nc2)CC1c1ccc(N)nc1. The zero-order chi connectivity index (χ0) is 19.6. The summed E-state index contributed by atoms with van der Waals surface area (Å²) in [6.45, 7) is 6.21. The number of amides is 1. The molecule has 1 amide bonds. The number of pyridine rings is 2. The zero-order valence-corrected chi connectivity index (χ0v) is 16.1. The number of piperidine rings is 1. The van der Waals surface area contributed by atoms with E-state index in [1.807, 2.05) is 45.2 Å². The normalized spacial score (nSPS) is 20.3. The van der Waals surface area contributed by atoms with Crippen LogP contribution < -0.4 is 11.5 Å². The van der Waals surface area contributed by atoms with Gasteiger partial charge in [-0.15, -0.1) is 0 Å². The predicted octanol–water partition coefficient (Wildman–Crippen LogP) is 3.50. The summed E-state index contributed by atoms with van der Waals surface area (Å²) < 4.78 is 5.62. The van der Waals surface area contributed by atoms with Crippen LogP contribution in [0.4, 0.5) is 16.4 Å². The van der Waals surface area contributed by atoms with Gasteiger partial charge >= 0.3 is 6.09 Å². The number of nitrogens with zero attached hydrogens (tertiary/aromatic N) is 3. The fourth-order valence-corrected chi connectivity index (χ4v) is 3.40. The Balaban J connectivity index is 1.87. The largest absolute Gasteiger partial charge is 0.444 e. The van der Waals surface area contributed by atoms with Gasteiger partial charge in [0.25, 0.3) is 0 Å². The zero-order valence-electron chi connectivity index (χ0n) is 16.1. The Labute approximate surface area is 159 Å². The minimum atomic E-state index is -0.543. The Hall–Kier alpha value is -2.83. The molecular formula is C20H27N5O2. The molecule has 0 spiro atoms. The Bertz CT molecular complexity index is 784. The van der Waals surface area contributed by atoms with Gasteiger partial charge < -0.3 is 21.1 Å². The average molecular weight is 369 g/mol. The summed E-state index contributed by atoms with van der Waals surface area (Å²) >= 11 is 0. The van der Waals surface area contributed by atoms with E-state index in [1.165, 1.54) is 0 Å². The van der Waals surface area contributed by atoms with Crippen molar-refractivity contribution < 1.29 is 9.53 Å². The van der Waals surface area contributed by atoms with Crippen LogP contribution in [-0.4, -0.2) is 33.1 Å². The van der Waals surface area contributed by atoms with E-state index in [0.717, 1.165) is 24.0 Å². The molecule has 27 heavy (non-hydrogen) atoms. The number of nitrogen functional groups attached to an aromatic ring is 2. The van der Waals surface area contributed by atoms with Gasteiger partial charge in [-0.2, -0.15) is 0 Å². The maximum atomic E-state index is 12.8. The van der Waals surface area contributed by atoms with Crippen LogP contribution in [0.2, 0.25) is 0 Å². The van der Waals surface area contributed by atoms with E-state index in [2.05, 4.69) is 9.97 Å². The van der Waals surface area contributed by atoms with Crippen LogP contribution in [0, 0.1) is 0 Å². The first-order chi connectivity index (χ1) is 12.7. The van der Waals surface area contributed by atoms with Gasteiger partial charge in [-0.25, -0.2) is 14.8 Å². The van der Waals surface area contributed by atoms with E-state index in [9.17, 15) is 4.79 Å². The quantitative estimate of drug-likeness (QED) is 0.839. The van der Waals surface area contributed by atoms with Crippen molar-refractivity contribution in [3.8, 4) is 0 Å². The van der Waals surface area contributed by atoms with E-state index in [-0.39, 0.29) is 18.1 Å². The number of hydrogen-bond acceptors (Lipinski definition) is 6. The highest BCUT2D eigenvalue weighted by Gasteiger charge is 2.35. The Morgan fingerprint density at radius 2 is 1.67 bits per heavy atom. The van der Waals surface area contributed by atoms with Crippen LogP contribution in [0.25, 0.3) is 0 Å². The molecule has 1 saturated heterocycles. The van der Waals surface area contributed by atoms with Gasteiger partial charge in [0.15, 0.2) is 0 Å². The minimum Gasteiger partial charge on any atom is -0.444 e. The molecule has 2 aromatic heterocycles. The van der Waals surface area contributed by atoms with E-state index in [4.69, 9.17) is 16.2 Å². The van der Waals surface area contributed by atoms with Crippen LogP contribution in [0.1, 0.15) is 56.7 Å². The summed E-state index contributed by atoms with van der Waals surface area (Å²) in [5.41, 5.74) is 13.0. The number of rotatable bonds is 2. The van der Waals surface area contributed by atoms with Gasteiger partial charge in [0.05, 0.1) is 6.04 Å². The first kappa shape index (κ1) is 18.9. The Morgan fingerprint density at radius 3 is 2.19 bits per heavy atom. The average Bonchev–Trinajstić information content (AvgIpc) is 2.61. The highest BCUT2D eigenvalue weighted by Crippen LogP contribution is 2.39. The number of hydrogen-bond donors (Lipinski definition) is 2. The molecule has 144 valence electrons. The topological polar surface area (TPSA) is 107 Å². The smallest absolute Gasteiger partial charge is 0.410 e. The Morgan fingerprint density at radius 1 is 1.07 bits per heavy atom. The van der Waals surface area contributed by atoms with Crippen molar-refractivity contribution in [1.29, 1.82) is 0 Å². The molecule has 7 heteroatoms. The molecule has 1 aliphatic heterocycles. The van der Waals surface area contributed by atoms with Crippen LogP contribution in [0.15, 0.2) is 36.7 Å². The first-order valence-electron chi connectivity index (χ1n) is 9.15. The lowest BCUT2D eigenvalue weighted by molar-refractivity contribution is 0.00760. The van der Waals surface area contributed by atoms with Gasteiger partial charge in [0, 0.05) is 18.9 Å². The van der Waals surface area contributed by atoms with Crippen molar-refractivity contribution >= 4 is 17.7 Å². The highest BCUT2D eigenvalue weighted by atomic mass is 16.6. The molecule has 2 aromatic rings. The number of ether oxygens (including phenoxy) is 1.